The van der Waals surface area contributed by atoms with Crippen LogP contribution in [0.15, 0.2) is 41.1 Å². The number of hydrogen-bond donors (Lipinski definition) is 1. The van der Waals surface area contributed by atoms with Gasteiger partial charge in [0.05, 0.1) is 16.3 Å². The van der Waals surface area contributed by atoms with Gasteiger partial charge in [0.2, 0.25) is 0 Å². The molecule has 2 aromatic rings. The van der Waals surface area contributed by atoms with E-state index in [0.29, 0.717) is 16.3 Å². The number of aromatic nitrogens is 1. The Morgan fingerprint density at radius 3 is 2.83 bits per heavy atom. The summed E-state index contributed by atoms with van der Waals surface area (Å²) in [6, 6.07) is 7.28. The summed E-state index contributed by atoms with van der Waals surface area (Å²) in [5.41, 5.74) is 2.22. The Labute approximate surface area is 118 Å². The van der Waals surface area contributed by atoms with Crippen molar-refractivity contribution in [2.24, 2.45) is 0 Å². The average molecular weight is 326 g/mol. The van der Waals surface area contributed by atoms with Crippen molar-refractivity contribution in [2.45, 2.75) is 6.92 Å². The number of amides is 1. The van der Waals surface area contributed by atoms with Crippen LogP contribution in [0.3, 0.4) is 0 Å². The number of nitrogens with one attached hydrogen (secondary N) is 1. The van der Waals surface area contributed by atoms with Crippen molar-refractivity contribution in [3.05, 3.63) is 57.3 Å². The number of pyridine rings is 1. The first kappa shape index (κ1) is 13.1. The molecule has 1 aromatic heterocycles. The van der Waals surface area contributed by atoms with Gasteiger partial charge in [-0.3, -0.25) is 9.78 Å². The molecule has 0 aliphatic heterocycles. The molecular formula is C13H10BrClN2O. The lowest BCUT2D eigenvalue weighted by Gasteiger charge is -2.08. The summed E-state index contributed by atoms with van der Waals surface area (Å²) in [5.74, 6) is -0.257. The van der Waals surface area contributed by atoms with Crippen LogP contribution >= 0.6 is 27.5 Å². The van der Waals surface area contributed by atoms with Crippen molar-refractivity contribution in [3.8, 4) is 0 Å². The van der Waals surface area contributed by atoms with E-state index in [9.17, 15) is 4.79 Å². The first-order chi connectivity index (χ1) is 8.58. The first-order valence-corrected chi connectivity index (χ1v) is 6.42. The zero-order valence-corrected chi connectivity index (χ0v) is 11.9. The molecule has 1 amide bonds. The summed E-state index contributed by atoms with van der Waals surface area (Å²) in [5, 5.41) is 3.13. The van der Waals surface area contributed by atoms with Crippen molar-refractivity contribution in [1.29, 1.82) is 0 Å². The third-order valence-electron chi connectivity index (χ3n) is 2.39. The van der Waals surface area contributed by atoms with Gasteiger partial charge in [0.1, 0.15) is 0 Å². The second-order valence-corrected chi connectivity index (χ2v) is 5.05. The number of carbonyl (C=O) groups is 1. The highest BCUT2D eigenvalue weighted by atomic mass is 79.9. The molecule has 0 saturated heterocycles. The summed E-state index contributed by atoms with van der Waals surface area (Å²) in [7, 11) is 0. The smallest absolute Gasteiger partial charge is 0.257 e. The minimum atomic E-state index is -0.257. The van der Waals surface area contributed by atoms with Gasteiger partial charge in [0.15, 0.2) is 0 Å². The number of aryl methyl sites for hydroxylation is 1. The van der Waals surface area contributed by atoms with Gasteiger partial charge < -0.3 is 5.32 Å². The van der Waals surface area contributed by atoms with Crippen molar-refractivity contribution in [1.82, 2.24) is 4.98 Å². The van der Waals surface area contributed by atoms with Crippen LogP contribution in [-0.2, 0) is 0 Å². The predicted molar refractivity (Wildman–Crippen MR) is 76.1 cm³/mol. The molecule has 0 fully saturated rings. The summed E-state index contributed by atoms with van der Waals surface area (Å²) >= 11 is 9.32. The van der Waals surface area contributed by atoms with Gasteiger partial charge >= 0.3 is 0 Å². The third-order valence-corrected chi connectivity index (χ3v) is 3.35. The van der Waals surface area contributed by atoms with Gasteiger partial charge in [0, 0.05) is 16.9 Å². The van der Waals surface area contributed by atoms with E-state index in [1.807, 2.05) is 25.1 Å². The molecule has 0 aliphatic rings. The fourth-order valence-electron chi connectivity index (χ4n) is 1.47. The van der Waals surface area contributed by atoms with Gasteiger partial charge in [-0.25, -0.2) is 0 Å². The first-order valence-electron chi connectivity index (χ1n) is 5.25. The van der Waals surface area contributed by atoms with Gasteiger partial charge in [-0.15, -0.1) is 0 Å². The summed E-state index contributed by atoms with van der Waals surface area (Å²) < 4.78 is 0.834. The maximum Gasteiger partial charge on any atom is 0.257 e. The van der Waals surface area contributed by atoms with E-state index < -0.39 is 0 Å². The number of rotatable bonds is 2. The molecule has 1 N–H and O–H groups in total. The molecule has 0 saturated carbocycles. The Morgan fingerprint density at radius 1 is 1.39 bits per heavy atom. The molecule has 3 nitrogen and oxygen atoms in total. The lowest BCUT2D eigenvalue weighted by Crippen LogP contribution is -2.13. The minimum Gasteiger partial charge on any atom is -0.321 e. The fraction of sp³-hybridized carbons (Fsp3) is 0.0769. The number of hydrogen-bond acceptors (Lipinski definition) is 2. The van der Waals surface area contributed by atoms with Crippen LogP contribution in [-0.4, -0.2) is 10.9 Å². The second-order valence-electron chi connectivity index (χ2n) is 3.79. The lowest BCUT2D eigenvalue weighted by atomic mass is 10.2. The van der Waals surface area contributed by atoms with E-state index in [1.165, 1.54) is 12.4 Å². The van der Waals surface area contributed by atoms with Gasteiger partial charge in [-0.1, -0.05) is 17.7 Å². The van der Waals surface area contributed by atoms with E-state index in [1.54, 1.807) is 6.07 Å². The highest BCUT2D eigenvalue weighted by Crippen LogP contribution is 2.24. The van der Waals surface area contributed by atoms with Crippen molar-refractivity contribution in [3.63, 3.8) is 0 Å². The maximum absolute atomic E-state index is 12.0. The predicted octanol–water partition coefficient (Wildman–Crippen LogP) is 4.06. The van der Waals surface area contributed by atoms with E-state index in [2.05, 4.69) is 26.2 Å². The van der Waals surface area contributed by atoms with E-state index in [0.717, 1.165) is 10.0 Å². The van der Waals surface area contributed by atoms with E-state index >= 15 is 0 Å². The molecule has 0 bridgehead atoms. The Hall–Kier alpha value is -1.39. The van der Waals surface area contributed by atoms with Crippen molar-refractivity contribution < 1.29 is 4.79 Å². The summed E-state index contributed by atoms with van der Waals surface area (Å²) in [4.78, 5) is 15.9. The highest BCUT2D eigenvalue weighted by Gasteiger charge is 2.11. The molecule has 1 aromatic carbocycles. The standard InChI is InChI=1S/C13H10BrClN2O/c1-8-2-3-12(10(14)6-8)17-13(18)9-4-5-16-7-11(9)15/h2-7H,1H3,(H,17,18). The van der Waals surface area contributed by atoms with Crippen LogP contribution < -0.4 is 5.32 Å². The maximum atomic E-state index is 12.0. The van der Waals surface area contributed by atoms with Crippen LogP contribution in [0.5, 0.6) is 0 Å². The lowest BCUT2D eigenvalue weighted by molar-refractivity contribution is 0.102. The van der Waals surface area contributed by atoms with Crippen LogP contribution in [0, 0.1) is 6.92 Å². The molecule has 0 spiro atoms. The largest absolute Gasteiger partial charge is 0.321 e. The summed E-state index contributed by atoms with van der Waals surface area (Å²) in [6.45, 7) is 1.98. The van der Waals surface area contributed by atoms with Crippen molar-refractivity contribution >= 4 is 39.1 Å². The monoisotopic (exact) mass is 324 g/mol. The van der Waals surface area contributed by atoms with Gasteiger partial charge in [-0.05, 0) is 46.6 Å². The second kappa shape index (κ2) is 5.50. The van der Waals surface area contributed by atoms with Crippen LogP contribution in [0.4, 0.5) is 5.69 Å². The van der Waals surface area contributed by atoms with E-state index in [4.69, 9.17) is 11.6 Å². The number of nitrogens with zero attached hydrogens (tertiary/aromatic N) is 1. The number of benzene rings is 1. The molecule has 5 heteroatoms. The fourth-order valence-corrected chi connectivity index (χ4v) is 2.27. The highest BCUT2D eigenvalue weighted by molar-refractivity contribution is 9.10. The molecular weight excluding hydrogens is 316 g/mol. The third kappa shape index (κ3) is 2.89. The number of halogens is 2. The van der Waals surface area contributed by atoms with Gasteiger partial charge in [0.25, 0.3) is 5.91 Å². The average Bonchev–Trinajstić information content (AvgIpc) is 2.33. The Bertz CT molecular complexity index is 601. The molecule has 0 unspecified atom stereocenters. The molecule has 2 rings (SSSR count). The van der Waals surface area contributed by atoms with E-state index in [-0.39, 0.29) is 5.91 Å². The zero-order valence-electron chi connectivity index (χ0n) is 9.58. The molecule has 0 atom stereocenters. The van der Waals surface area contributed by atoms with Gasteiger partial charge in [-0.2, -0.15) is 0 Å². The quantitative estimate of drug-likeness (QED) is 0.905. The Balaban J connectivity index is 2.24. The molecule has 92 valence electrons. The molecule has 18 heavy (non-hydrogen) atoms. The van der Waals surface area contributed by atoms with Crippen LogP contribution in [0.1, 0.15) is 15.9 Å². The van der Waals surface area contributed by atoms with Crippen molar-refractivity contribution in [2.75, 3.05) is 5.32 Å². The topological polar surface area (TPSA) is 42.0 Å². The zero-order chi connectivity index (χ0) is 13.1. The number of anilines is 1. The SMILES string of the molecule is Cc1ccc(NC(=O)c2ccncc2Cl)c(Br)c1. The molecule has 0 radical (unpaired) electrons. The molecule has 0 aliphatic carbocycles. The van der Waals surface area contributed by atoms with Crippen LogP contribution in [0.25, 0.3) is 0 Å². The normalized spacial score (nSPS) is 10.2. The Morgan fingerprint density at radius 2 is 2.17 bits per heavy atom. The number of carbonyl (C=O) groups excluding carboxylic acids is 1. The minimum absolute atomic E-state index is 0.257. The Kier molecular flexibility index (Phi) is 3.99. The molecule has 1 heterocycles. The van der Waals surface area contributed by atoms with Crippen LogP contribution in [0.2, 0.25) is 5.02 Å². The summed E-state index contributed by atoms with van der Waals surface area (Å²) in [6.07, 6.45) is 2.98.